The van der Waals surface area contributed by atoms with Crippen molar-refractivity contribution in [1.82, 2.24) is 14.6 Å². The number of fused-ring (bicyclic) bond motifs is 2. The number of aryl methyl sites for hydroxylation is 1. The molecular weight excluding hydrogens is 378 g/mol. The lowest BCUT2D eigenvalue weighted by atomic mass is 9.98. The highest BCUT2D eigenvalue weighted by atomic mass is 16.7. The molecule has 2 aliphatic rings. The van der Waals surface area contributed by atoms with Crippen LogP contribution in [0.3, 0.4) is 0 Å². The summed E-state index contributed by atoms with van der Waals surface area (Å²) in [5.41, 5.74) is 0.793. The van der Waals surface area contributed by atoms with Crippen LogP contribution in [0.2, 0.25) is 0 Å². The van der Waals surface area contributed by atoms with Crippen LogP contribution in [-0.2, 0) is 22.6 Å². The molecule has 0 saturated carbocycles. The average Bonchev–Trinajstić information content (AvgIpc) is 3.12. The van der Waals surface area contributed by atoms with E-state index in [2.05, 4.69) is 16.0 Å². The summed E-state index contributed by atoms with van der Waals surface area (Å²) in [6, 6.07) is 8.01. The molecule has 1 saturated heterocycles. The number of rotatable bonds is 6. The number of benzene rings is 1. The molecule has 2 aliphatic heterocycles. The summed E-state index contributed by atoms with van der Waals surface area (Å²) in [5, 5.41) is 0. The Kier molecular flexibility index (Phi) is 5.30. The lowest BCUT2D eigenvalue weighted by molar-refractivity contribution is -0.161. The summed E-state index contributed by atoms with van der Waals surface area (Å²) in [6.07, 6.45) is 4.06. The van der Waals surface area contributed by atoms with Crippen LogP contribution in [0, 0.1) is 5.92 Å². The van der Waals surface area contributed by atoms with Crippen LogP contribution in [0.15, 0.2) is 35.3 Å². The molecular formula is C20H21N3O6. The van der Waals surface area contributed by atoms with Gasteiger partial charge in [0, 0.05) is 13.1 Å². The summed E-state index contributed by atoms with van der Waals surface area (Å²) in [6.45, 7) is 1.97. The third kappa shape index (κ3) is 4.14. The topological polar surface area (TPSA) is 100.0 Å². The second kappa shape index (κ2) is 8.04. The summed E-state index contributed by atoms with van der Waals surface area (Å²) in [5.74, 6) is -1.18. The summed E-state index contributed by atoms with van der Waals surface area (Å²) in [4.78, 5) is 46.3. The van der Waals surface area contributed by atoms with Gasteiger partial charge in [0.2, 0.25) is 5.88 Å². The van der Waals surface area contributed by atoms with Gasteiger partial charge in [-0.05, 0) is 43.4 Å². The standard InChI is InChI=1S/C20H21N3O6/c1-27-16-5-3-2-4-14(16)7-6-13-8-9-22(10-13)11-15-18(24)23-12-17(21-15)28-19(25)20(26)29-23/h2-5,12-13H,6-11H2,1H3. The van der Waals surface area contributed by atoms with Crippen LogP contribution in [-0.4, -0.2) is 46.8 Å². The highest BCUT2D eigenvalue weighted by Crippen LogP contribution is 2.26. The molecule has 9 heteroatoms. The highest BCUT2D eigenvalue weighted by molar-refractivity contribution is 6.30. The number of hydrogen-bond acceptors (Lipinski definition) is 8. The van der Waals surface area contributed by atoms with Gasteiger partial charge in [0.15, 0.2) is 0 Å². The van der Waals surface area contributed by atoms with E-state index in [0.717, 1.165) is 44.3 Å². The smallest absolute Gasteiger partial charge is 0.442 e. The first-order chi connectivity index (χ1) is 14.0. The van der Waals surface area contributed by atoms with Crippen LogP contribution >= 0.6 is 0 Å². The van der Waals surface area contributed by atoms with E-state index in [-0.39, 0.29) is 11.6 Å². The number of esters is 1. The second-order valence-corrected chi connectivity index (χ2v) is 7.17. The predicted molar refractivity (Wildman–Crippen MR) is 100 cm³/mol. The third-order valence-electron chi connectivity index (χ3n) is 5.22. The van der Waals surface area contributed by atoms with E-state index < -0.39 is 17.5 Å². The van der Waals surface area contributed by atoms with E-state index >= 15 is 0 Å². The van der Waals surface area contributed by atoms with Crippen molar-refractivity contribution in [3.05, 3.63) is 52.1 Å². The van der Waals surface area contributed by atoms with Gasteiger partial charge in [-0.25, -0.2) is 14.6 Å². The molecule has 0 radical (unpaired) electrons. The Morgan fingerprint density at radius 3 is 2.86 bits per heavy atom. The summed E-state index contributed by atoms with van der Waals surface area (Å²) in [7, 11) is 1.68. The van der Waals surface area contributed by atoms with E-state index in [4.69, 9.17) is 14.3 Å². The van der Waals surface area contributed by atoms with Crippen molar-refractivity contribution in [1.29, 1.82) is 0 Å². The Hall–Kier alpha value is -3.20. The zero-order valence-corrected chi connectivity index (χ0v) is 16.0. The van der Waals surface area contributed by atoms with Gasteiger partial charge in [-0.15, -0.1) is 4.73 Å². The minimum Gasteiger partial charge on any atom is -0.496 e. The van der Waals surface area contributed by atoms with Crippen molar-refractivity contribution < 1.29 is 23.9 Å². The fourth-order valence-electron chi connectivity index (χ4n) is 3.75. The van der Waals surface area contributed by atoms with Crippen molar-refractivity contribution in [3.8, 4) is 11.6 Å². The lowest BCUT2D eigenvalue weighted by Gasteiger charge is -2.16. The summed E-state index contributed by atoms with van der Waals surface area (Å²) >= 11 is 0. The molecule has 0 N–H and O–H groups in total. The third-order valence-corrected chi connectivity index (χ3v) is 5.22. The Morgan fingerprint density at radius 2 is 2.03 bits per heavy atom. The quantitative estimate of drug-likeness (QED) is 0.514. The number of aromatic nitrogens is 2. The second-order valence-electron chi connectivity index (χ2n) is 7.17. The Labute approximate surface area is 166 Å². The molecule has 1 aromatic carbocycles. The van der Waals surface area contributed by atoms with Crippen LogP contribution < -0.4 is 19.9 Å². The predicted octanol–water partition coefficient (Wildman–Crippen LogP) is 0.581. The first-order valence-electron chi connectivity index (χ1n) is 9.45. The van der Waals surface area contributed by atoms with Crippen molar-refractivity contribution in [2.45, 2.75) is 25.8 Å². The van der Waals surface area contributed by atoms with Crippen molar-refractivity contribution >= 4 is 11.9 Å². The zero-order chi connectivity index (χ0) is 20.4. The molecule has 152 valence electrons. The number of carbonyl (C=O) groups excluding carboxylic acids is 2. The first-order valence-corrected chi connectivity index (χ1v) is 9.45. The van der Waals surface area contributed by atoms with Crippen LogP contribution in [0.1, 0.15) is 24.1 Å². The van der Waals surface area contributed by atoms with Gasteiger partial charge in [0.05, 0.1) is 7.11 Å². The van der Waals surface area contributed by atoms with Gasteiger partial charge in [-0.2, -0.15) is 0 Å². The molecule has 0 aliphatic carbocycles. The minimum atomic E-state index is -1.25. The number of ether oxygens (including phenoxy) is 2. The number of hydrogen-bond donors (Lipinski definition) is 0. The number of methoxy groups -OCH3 is 1. The number of likely N-dealkylation sites (tertiary alicyclic amines) is 1. The minimum absolute atomic E-state index is 0.123. The summed E-state index contributed by atoms with van der Waals surface area (Å²) < 4.78 is 10.9. The molecule has 1 atom stereocenters. The maximum absolute atomic E-state index is 12.5. The molecule has 9 nitrogen and oxygen atoms in total. The molecule has 0 amide bonds. The van der Waals surface area contributed by atoms with Crippen LogP contribution in [0.25, 0.3) is 0 Å². The van der Waals surface area contributed by atoms with Crippen molar-refractivity contribution in [2.75, 3.05) is 20.2 Å². The molecule has 4 rings (SSSR count). The molecule has 3 heterocycles. The van der Waals surface area contributed by atoms with Gasteiger partial charge >= 0.3 is 17.5 Å². The van der Waals surface area contributed by atoms with Crippen LogP contribution in [0.4, 0.5) is 0 Å². The molecule has 2 bridgehead atoms. The molecule has 1 aromatic heterocycles. The van der Waals surface area contributed by atoms with Gasteiger partial charge in [0.25, 0.3) is 0 Å². The van der Waals surface area contributed by atoms with Crippen LogP contribution in [0.5, 0.6) is 11.6 Å². The lowest BCUT2D eigenvalue weighted by Crippen LogP contribution is -2.35. The Balaban J connectivity index is 1.39. The number of carbonyl (C=O) groups is 2. The first kappa shape index (κ1) is 19.1. The van der Waals surface area contributed by atoms with E-state index in [1.54, 1.807) is 7.11 Å². The number of para-hydroxylation sites is 1. The van der Waals surface area contributed by atoms with E-state index in [1.807, 2.05) is 18.2 Å². The fraction of sp³-hybridized carbons (Fsp3) is 0.400. The maximum atomic E-state index is 12.5. The Bertz CT molecular complexity index is 1000. The highest BCUT2D eigenvalue weighted by Gasteiger charge is 2.29. The molecule has 29 heavy (non-hydrogen) atoms. The van der Waals surface area contributed by atoms with Gasteiger partial charge < -0.3 is 14.3 Å². The molecule has 0 spiro atoms. The monoisotopic (exact) mass is 399 g/mol. The van der Waals surface area contributed by atoms with Gasteiger partial charge in [0.1, 0.15) is 17.6 Å². The number of nitrogens with zero attached hydrogens (tertiary/aromatic N) is 3. The Morgan fingerprint density at radius 1 is 1.21 bits per heavy atom. The van der Waals surface area contributed by atoms with Crippen molar-refractivity contribution in [3.63, 3.8) is 0 Å². The van der Waals surface area contributed by atoms with E-state index in [1.165, 1.54) is 5.56 Å². The molecule has 1 unspecified atom stereocenters. The van der Waals surface area contributed by atoms with Gasteiger partial charge in [-0.1, -0.05) is 18.2 Å². The van der Waals surface area contributed by atoms with Crippen molar-refractivity contribution in [2.24, 2.45) is 5.92 Å². The van der Waals surface area contributed by atoms with Gasteiger partial charge in [-0.3, -0.25) is 9.69 Å². The van der Waals surface area contributed by atoms with E-state index in [0.29, 0.717) is 17.2 Å². The van der Waals surface area contributed by atoms with E-state index in [9.17, 15) is 14.4 Å². The zero-order valence-electron chi connectivity index (χ0n) is 16.0. The maximum Gasteiger partial charge on any atom is 0.442 e. The SMILES string of the molecule is COc1ccccc1CCC1CCN(Cc2nc3cn(c2=O)OC(=O)C(=O)O3)C1. The molecule has 2 aromatic rings. The molecule has 1 fully saturated rings. The fourth-order valence-corrected chi connectivity index (χ4v) is 3.75. The largest absolute Gasteiger partial charge is 0.496 e. The normalized spacial score (nSPS) is 18.9. The average molecular weight is 399 g/mol.